The molecule has 3 aromatic rings. The molecule has 0 aliphatic rings. The zero-order valence-corrected chi connectivity index (χ0v) is 18.2. The lowest BCUT2D eigenvalue weighted by molar-refractivity contribution is -0.123. The van der Waals surface area contributed by atoms with Crippen molar-refractivity contribution in [2.24, 2.45) is 0 Å². The van der Waals surface area contributed by atoms with E-state index < -0.39 is 11.9 Å². The number of nitrogens with zero attached hydrogens (tertiary/aromatic N) is 1. The fourth-order valence-corrected chi connectivity index (χ4v) is 3.58. The third-order valence-corrected chi connectivity index (χ3v) is 5.05. The van der Waals surface area contributed by atoms with Crippen LogP contribution < -0.4 is 10.1 Å². The highest BCUT2D eigenvalue weighted by atomic mass is 35.5. The van der Waals surface area contributed by atoms with Gasteiger partial charge >= 0.3 is 5.97 Å². The first-order chi connectivity index (χ1) is 15.0. The van der Waals surface area contributed by atoms with Crippen LogP contribution in [-0.4, -0.2) is 44.8 Å². The Morgan fingerprint density at radius 2 is 1.84 bits per heavy atom. The van der Waals surface area contributed by atoms with Crippen LogP contribution in [-0.2, 0) is 20.8 Å². The van der Waals surface area contributed by atoms with Gasteiger partial charge < -0.3 is 19.5 Å². The molecule has 0 spiro atoms. The van der Waals surface area contributed by atoms with Crippen molar-refractivity contribution in [3.8, 4) is 5.88 Å². The molecule has 0 aliphatic heterocycles. The first-order valence-corrected chi connectivity index (χ1v) is 9.93. The third kappa shape index (κ3) is 5.13. The van der Waals surface area contributed by atoms with Crippen LogP contribution in [0.15, 0.2) is 48.5 Å². The molecule has 0 fully saturated rings. The molecule has 0 radical (unpaired) electrons. The lowest BCUT2D eigenvalue weighted by Gasteiger charge is -2.17. The van der Waals surface area contributed by atoms with E-state index >= 15 is 0 Å². The van der Waals surface area contributed by atoms with Gasteiger partial charge in [-0.05, 0) is 29.3 Å². The van der Waals surface area contributed by atoms with Gasteiger partial charge in [0.2, 0.25) is 11.8 Å². The summed E-state index contributed by atoms with van der Waals surface area (Å²) in [5.74, 6) is -1.06. The van der Waals surface area contributed by atoms with Crippen LogP contribution in [0.1, 0.15) is 27.4 Å². The average molecular weight is 443 g/mol. The van der Waals surface area contributed by atoms with Gasteiger partial charge in [-0.1, -0.05) is 41.9 Å². The van der Waals surface area contributed by atoms with Gasteiger partial charge in [0.25, 0.3) is 0 Å². The fourth-order valence-electron chi connectivity index (χ4n) is 3.33. The van der Waals surface area contributed by atoms with Crippen molar-refractivity contribution in [1.82, 2.24) is 10.3 Å². The average Bonchev–Trinajstić information content (AvgIpc) is 2.79. The predicted octanol–water partition coefficient (Wildman–Crippen LogP) is 3.73. The van der Waals surface area contributed by atoms with Crippen molar-refractivity contribution in [2.75, 3.05) is 27.9 Å². The molecule has 31 heavy (non-hydrogen) atoms. The molecule has 0 saturated carbocycles. The van der Waals surface area contributed by atoms with E-state index in [1.54, 1.807) is 25.3 Å². The van der Waals surface area contributed by atoms with E-state index in [-0.39, 0.29) is 30.5 Å². The van der Waals surface area contributed by atoms with Crippen LogP contribution in [0.3, 0.4) is 0 Å². The van der Waals surface area contributed by atoms with Gasteiger partial charge in [-0.25, -0.2) is 9.78 Å². The van der Waals surface area contributed by atoms with E-state index in [2.05, 4.69) is 10.3 Å². The van der Waals surface area contributed by atoms with E-state index in [9.17, 15) is 9.59 Å². The van der Waals surface area contributed by atoms with Crippen LogP contribution in [0.2, 0.25) is 5.02 Å². The fraction of sp³-hybridized carbons (Fsp3) is 0.261. The van der Waals surface area contributed by atoms with Crippen molar-refractivity contribution < 1.29 is 23.8 Å². The minimum atomic E-state index is -0.564. The number of ether oxygens (including phenoxy) is 3. The molecule has 0 bridgehead atoms. The molecular weight excluding hydrogens is 420 g/mol. The van der Waals surface area contributed by atoms with Gasteiger partial charge in [0.15, 0.2) is 0 Å². The summed E-state index contributed by atoms with van der Waals surface area (Å²) in [4.78, 5) is 29.4. The Balaban J connectivity index is 1.91. The maximum absolute atomic E-state index is 12.9. The summed E-state index contributed by atoms with van der Waals surface area (Å²) in [5, 5.41) is 4.03. The largest absolute Gasteiger partial charge is 0.480 e. The first-order valence-electron chi connectivity index (χ1n) is 9.55. The number of rotatable bonds is 8. The Morgan fingerprint density at radius 1 is 1.10 bits per heavy atom. The number of hydrogen-bond donors (Lipinski definition) is 1. The minimum Gasteiger partial charge on any atom is -0.480 e. The van der Waals surface area contributed by atoms with Gasteiger partial charge in [0.1, 0.15) is 5.56 Å². The molecule has 162 valence electrons. The number of carbonyl (C=O) groups is 2. The maximum atomic E-state index is 12.9. The molecule has 1 heterocycles. The zero-order valence-electron chi connectivity index (χ0n) is 17.5. The van der Waals surface area contributed by atoms with Crippen LogP contribution in [0.5, 0.6) is 5.88 Å². The summed E-state index contributed by atoms with van der Waals surface area (Å²) in [6.45, 7) is 0.442. The van der Waals surface area contributed by atoms with E-state index in [4.69, 9.17) is 25.8 Å². The van der Waals surface area contributed by atoms with Crippen LogP contribution in [0.4, 0.5) is 0 Å². The van der Waals surface area contributed by atoms with Gasteiger partial charge in [-0.2, -0.15) is 0 Å². The molecule has 0 saturated heterocycles. The Bertz CT molecular complexity index is 1090. The summed E-state index contributed by atoms with van der Waals surface area (Å²) < 4.78 is 15.3. The van der Waals surface area contributed by atoms with Crippen molar-refractivity contribution in [3.05, 3.63) is 70.2 Å². The summed E-state index contributed by atoms with van der Waals surface area (Å²) in [7, 11) is 4.27. The van der Waals surface area contributed by atoms with E-state index in [0.717, 1.165) is 5.56 Å². The van der Waals surface area contributed by atoms with Crippen LogP contribution in [0.25, 0.3) is 10.9 Å². The lowest BCUT2D eigenvalue weighted by atomic mass is 9.99. The van der Waals surface area contributed by atoms with Gasteiger partial charge in [0.05, 0.1) is 32.3 Å². The molecule has 1 amide bonds. The van der Waals surface area contributed by atoms with Crippen LogP contribution >= 0.6 is 11.6 Å². The second-order valence-corrected chi connectivity index (χ2v) is 7.25. The zero-order chi connectivity index (χ0) is 22.4. The number of benzene rings is 2. The molecule has 1 N–H and O–H groups in total. The first kappa shape index (κ1) is 22.5. The molecule has 7 nitrogen and oxygen atoms in total. The van der Waals surface area contributed by atoms with Crippen molar-refractivity contribution in [1.29, 1.82) is 0 Å². The summed E-state index contributed by atoms with van der Waals surface area (Å²) in [6, 6.07) is 14.5. The van der Waals surface area contributed by atoms with Gasteiger partial charge in [-0.15, -0.1) is 0 Å². The van der Waals surface area contributed by atoms with E-state index in [0.29, 0.717) is 21.5 Å². The van der Waals surface area contributed by atoms with E-state index in [1.807, 2.05) is 30.3 Å². The Labute approximate surface area is 185 Å². The topological polar surface area (TPSA) is 86.8 Å². The molecule has 3 rings (SSSR count). The minimum absolute atomic E-state index is 0.135. The lowest BCUT2D eigenvalue weighted by Crippen LogP contribution is -2.31. The van der Waals surface area contributed by atoms with Crippen LogP contribution in [0, 0.1) is 0 Å². The molecule has 1 atom stereocenters. The third-order valence-electron chi connectivity index (χ3n) is 4.83. The standard InChI is InChI=1S/C23H23ClN2O5/c1-29-13-19(14-7-5-4-6-8-14)21(27)25-12-16-10-17(24)9-15-11-18(23(28)31-3)22(30-2)26-20(15)16/h4-11,19H,12-13H2,1-3H3,(H,25,27). The highest BCUT2D eigenvalue weighted by Gasteiger charge is 2.21. The van der Waals surface area contributed by atoms with Crippen molar-refractivity contribution in [2.45, 2.75) is 12.5 Å². The number of amides is 1. The number of esters is 1. The summed E-state index contributed by atoms with van der Waals surface area (Å²) in [6.07, 6.45) is 0. The monoisotopic (exact) mass is 442 g/mol. The molecule has 0 aliphatic carbocycles. The Morgan fingerprint density at radius 3 is 2.48 bits per heavy atom. The quantitative estimate of drug-likeness (QED) is 0.535. The number of methoxy groups -OCH3 is 3. The second-order valence-electron chi connectivity index (χ2n) is 6.81. The number of fused-ring (bicyclic) bond motifs is 1. The van der Waals surface area contributed by atoms with Gasteiger partial charge in [0, 0.05) is 24.1 Å². The number of halogens is 1. The molecule has 2 aromatic carbocycles. The Kier molecular flexibility index (Phi) is 7.44. The molecular formula is C23H23ClN2O5. The highest BCUT2D eigenvalue weighted by molar-refractivity contribution is 6.31. The molecule has 8 heteroatoms. The summed E-state index contributed by atoms with van der Waals surface area (Å²) in [5.41, 5.74) is 2.31. The van der Waals surface area contributed by atoms with Crippen molar-refractivity contribution in [3.63, 3.8) is 0 Å². The smallest absolute Gasteiger partial charge is 0.343 e. The number of carbonyl (C=O) groups excluding carboxylic acids is 2. The molecule has 1 unspecified atom stereocenters. The normalized spacial score (nSPS) is 11.7. The number of aromatic nitrogens is 1. The Hall–Kier alpha value is -3.16. The number of hydrogen-bond acceptors (Lipinski definition) is 6. The molecule has 1 aromatic heterocycles. The number of nitrogens with one attached hydrogen (secondary N) is 1. The SMILES string of the molecule is COCC(C(=O)NCc1cc(Cl)cc2cc(C(=O)OC)c(OC)nc12)c1ccccc1. The number of pyridine rings is 1. The second kappa shape index (κ2) is 10.2. The maximum Gasteiger partial charge on any atom is 0.343 e. The summed E-state index contributed by atoms with van der Waals surface area (Å²) >= 11 is 6.28. The highest BCUT2D eigenvalue weighted by Crippen LogP contribution is 2.28. The van der Waals surface area contributed by atoms with Crippen molar-refractivity contribution >= 4 is 34.4 Å². The van der Waals surface area contributed by atoms with E-state index in [1.165, 1.54) is 14.2 Å². The predicted molar refractivity (Wildman–Crippen MR) is 118 cm³/mol. The van der Waals surface area contributed by atoms with Gasteiger partial charge in [-0.3, -0.25) is 4.79 Å².